The van der Waals surface area contributed by atoms with Crippen LogP contribution in [0, 0.1) is 57.7 Å². The molecule has 0 spiro atoms. The van der Waals surface area contributed by atoms with Crippen LogP contribution < -0.4 is 18.9 Å². The number of halogens is 6. The van der Waals surface area contributed by atoms with E-state index >= 15 is 0 Å². The number of aliphatic hydroxyl groups excluding tert-OH is 6. The Bertz CT molecular complexity index is 1120. The van der Waals surface area contributed by atoms with Crippen molar-refractivity contribution in [3.05, 3.63) is 7.43 Å². The minimum atomic E-state index is -0.692. The van der Waals surface area contributed by atoms with E-state index < -0.39 is 11.6 Å². The molecule has 0 saturated heterocycles. The molecule has 0 aliphatic rings. The molecule has 0 aromatic carbocycles. The fourth-order valence-corrected chi connectivity index (χ4v) is 8.23. The standard InChI is InChI=1S/C20H42O3.C19H38O3.C18H36O4.CH3.2F2.2FH.Li/c1-18(2,15-21)13-9-7-11-17(20(5,6)23)12-8-10-14-19(3,4)16-22;1-16(22)17(10-6-8-12-18(2,3)14-20)11-7-9-13-19(4,5)15-21;1-17(2,13-19)11-7-5-9-15(16(21)22)10-6-8-12-18(3,4)14-20;;2*1-2;;;/h17,21-23H,7-16H2,1-6H3;17,20-21H,6-15H2,1-5H3;15,19-20H,5-14H2,1-4H3,(H,21,22);1H3;;;2*1H;/q;;;-1;;;;;+1. The minimum absolute atomic E-state index is 0. The number of aliphatic hydroxyl groups is 7. The van der Waals surface area contributed by atoms with Crippen molar-refractivity contribution in [3.8, 4) is 0 Å². The summed E-state index contributed by atoms with van der Waals surface area (Å²) in [4.78, 5) is 23.1. The number of aliphatic carboxylic acids is 1. The maximum Gasteiger partial charge on any atom is 1.00 e. The third kappa shape index (κ3) is 59.0. The number of hydrogen-bond donors (Lipinski definition) is 8. The fraction of sp³-hybridized carbons (Fsp3) is 0.948. The number of unbranched alkanes of at least 4 members (excludes halogenated alkanes) is 6. The Labute approximate surface area is 467 Å². The summed E-state index contributed by atoms with van der Waals surface area (Å²) in [5, 5.41) is 75.2. The Hall–Kier alpha value is -0.963. The second-order valence-corrected chi connectivity index (χ2v) is 26.1. The molecule has 0 bridgehead atoms. The van der Waals surface area contributed by atoms with Crippen molar-refractivity contribution in [1.82, 2.24) is 0 Å². The van der Waals surface area contributed by atoms with Crippen LogP contribution in [0.3, 0.4) is 0 Å². The molecule has 0 aromatic heterocycles. The summed E-state index contributed by atoms with van der Waals surface area (Å²) < 4.78 is 32.0. The summed E-state index contributed by atoms with van der Waals surface area (Å²) in [5.41, 5.74) is -0.717. The van der Waals surface area contributed by atoms with Crippen LogP contribution in [-0.4, -0.2) is 97.8 Å². The molecule has 0 unspecified atom stereocenters. The van der Waals surface area contributed by atoms with E-state index in [9.17, 15) is 50.4 Å². The van der Waals surface area contributed by atoms with Gasteiger partial charge in [-0.3, -0.25) is 19.0 Å². The van der Waals surface area contributed by atoms with Crippen molar-refractivity contribution in [1.29, 1.82) is 0 Å². The minimum Gasteiger partial charge on any atom is -0.481 e. The van der Waals surface area contributed by atoms with Crippen LogP contribution in [0.2, 0.25) is 0 Å². The predicted octanol–water partition coefficient (Wildman–Crippen LogP) is 12.2. The first-order valence-corrected chi connectivity index (χ1v) is 27.1. The van der Waals surface area contributed by atoms with Gasteiger partial charge in [0.2, 0.25) is 0 Å². The third-order valence-corrected chi connectivity index (χ3v) is 14.4. The monoisotopic (exact) mass is 1100 g/mol. The summed E-state index contributed by atoms with van der Waals surface area (Å²) in [6.45, 7) is 31.7. The van der Waals surface area contributed by atoms with Crippen molar-refractivity contribution in [2.45, 2.75) is 264 Å². The van der Waals surface area contributed by atoms with E-state index in [0.29, 0.717) is 11.7 Å². The van der Waals surface area contributed by atoms with Crippen LogP contribution in [0.25, 0.3) is 0 Å². The molecular formula is C58H121F6LiO10. The number of ketones is 1. The Kier molecular flexibility index (Phi) is 63.7. The van der Waals surface area contributed by atoms with Crippen LogP contribution in [0.5, 0.6) is 0 Å². The zero-order valence-electron chi connectivity index (χ0n) is 51.2. The summed E-state index contributed by atoms with van der Waals surface area (Å²) >= 11 is 0. The molecule has 0 aliphatic heterocycles. The third-order valence-electron chi connectivity index (χ3n) is 14.4. The molecular weight excluding hydrogens is 978 g/mol. The van der Waals surface area contributed by atoms with Crippen LogP contribution in [0.4, 0.5) is 27.7 Å². The second-order valence-electron chi connectivity index (χ2n) is 26.1. The first-order chi connectivity index (χ1) is 32.7. The van der Waals surface area contributed by atoms with E-state index in [-0.39, 0.29) is 120 Å². The molecule has 0 heterocycles. The van der Waals surface area contributed by atoms with Gasteiger partial charge in [-0.25, -0.2) is 0 Å². The van der Waals surface area contributed by atoms with Gasteiger partial charge in [0.05, 0.1) is 11.5 Å². The molecule has 0 radical (unpaired) electrons. The van der Waals surface area contributed by atoms with Crippen molar-refractivity contribution in [2.75, 3.05) is 39.6 Å². The number of rotatable bonds is 39. The fourth-order valence-electron chi connectivity index (χ4n) is 8.23. The number of hydrogen-bond acceptors (Lipinski definition) is 9. The van der Waals surface area contributed by atoms with E-state index in [1.807, 2.05) is 41.5 Å². The van der Waals surface area contributed by atoms with Gasteiger partial charge in [0.15, 0.2) is 0 Å². The molecule has 75 heavy (non-hydrogen) atoms. The van der Waals surface area contributed by atoms with E-state index in [1.54, 1.807) is 6.92 Å². The van der Waals surface area contributed by atoms with Gasteiger partial charge < -0.3 is 48.3 Å². The SMILES string of the molecule is CC(=O)C(CCCCC(C)(C)CO)CCCCC(C)(C)CO.CC(C)(CO)CCCCC(CCCCC(C)(C)CO)C(=O)O.CC(C)(CO)CCCCC(CCCCC(C)(C)CO)C(C)(C)O.F.F.FF.FF.[CH3-].[Li+]. The summed E-state index contributed by atoms with van der Waals surface area (Å²) in [6.07, 6.45) is 23.9. The van der Waals surface area contributed by atoms with E-state index in [1.165, 1.54) is 0 Å². The average Bonchev–Trinajstić information content (AvgIpc) is 3.30. The summed E-state index contributed by atoms with van der Waals surface area (Å²) in [5.74, 6) is -0.119. The zero-order valence-corrected chi connectivity index (χ0v) is 51.2. The van der Waals surface area contributed by atoms with Gasteiger partial charge >= 0.3 is 24.8 Å². The number of Topliss-reactive ketones (excluding diaryl/α,β-unsaturated/α-hetero) is 1. The largest absolute Gasteiger partial charge is 1.00 e. The van der Waals surface area contributed by atoms with Gasteiger partial charge in [-0.15, -0.1) is 0 Å². The molecule has 8 N–H and O–H groups in total. The molecule has 0 amide bonds. The molecule has 10 nitrogen and oxygen atoms in total. The van der Waals surface area contributed by atoms with E-state index in [4.69, 9.17) is 18.3 Å². The van der Waals surface area contributed by atoms with Gasteiger partial charge in [0.1, 0.15) is 5.78 Å². The van der Waals surface area contributed by atoms with Crippen LogP contribution in [-0.2, 0) is 9.59 Å². The smallest absolute Gasteiger partial charge is 0.481 e. The average molecular weight is 1100 g/mol. The van der Waals surface area contributed by atoms with Crippen molar-refractivity contribution in [3.63, 3.8) is 0 Å². The summed E-state index contributed by atoms with van der Waals surface area (Å²) in [7, 11) is 0. The predicted molar refractivity (Wildman–Crippen MR) is 297 cm³/mol. The summed E-state index contributed by atoms with van der Waals surface area (Å²) in [6, 6.07) is 0. The Morgan fingerprint density at radius 1 is 0.373 bits per heavy atom. The van der Waals surface area contributed by atoms with Crippen molar-refractivity contribution in [2.24, 2.45) is 50.2 Å². The number of carboxylic acid groups (broad SMARTS) is 1. The topological polar surface area (TPSA) is 196 Å². The van der Waals surface area contributed by atoms with Crippen molar-refractivity contribution >= 4 is 11.8 Å². The molecule has 17 heteroatoms. The van der Waals surface area contributed by atoms with Gasteiger partial charge in [-0.05, 0) is 136 Å². The molecule has 0 atom stereocenters. The van der Waals surface area contributed by atoms with E-state index in [0.717, 1.165) is 154 Å². The normalized spacial score (nSPS) is 12.0. The van der Waals surface area contributed by atoms with Crippen LogP contribution in [0.1, 0.15) is 258 Å². The van der Waals surface area contributed by atoms with Gasteiger partial charge in [-0.2, -0.15) is 0 Å². The molecule has 456 valence electrons. The van der Waals surface area contributed by atoms with Crippen molar-refractivity contribution < 1.29 is 97.0 Å². The number of carbonyl (C=O) groups is 2. The van der Waals surface area contributed by atoms with Gasteiger partial charge in [0, 0.05) is 63.9 Å². The number of carbonyl (C=O) groups excluding carboxylic acids is 1. The molecule has 0 rings (SSSR count). The van der Waals surface area contributed by atoms with E-state index in [2.05, 4.69) is 55.4 Å². The maximum atomic E-state index is 11.8. The second kappa shape index (κ2) is 51.2. The Balaban J connectivity index is -0.000000117. The Morgan fingerprint density at radius 2 is 0.547 bits per heavy atom. The first-order valence-electron chi connectivity index (χ1n) is 27.1. The van der Waals surface area contributed by atoms with Gasteiger partial charge in [0.25, 0.3) is 0 Å². The van der Waals surface area contributed by atoms with Crippen LogP contribution >= 0.6 is 0 Å². The number of carboxylic acids is 1. The molecule has 0 fully saturated rings. The zero-order chi connectivity index (χ0) is 56.6. The molecule has 0 aromatic rings. The molecule has 0 aliphatic carbocycles. The maximum absolute atomic E-state index is 11.8. The quantitative estimate of drug-likeness (QED) is 0.0127. The first kappa shape index (κ1) is 93.4. The Morgan fingerprint density at radius 3 is 0.693 bits per heavy atom. The van der Waals surface area contributed by atoms with Gasteiger partial charge in [-0.1, -0.05) is 160 Å². The van der Waals surface area contributed by atoms with Crippen LogP contribution in [0.15, 0.2) is 0 Å². The molecule has 0 saturated carbocycles.